The number of nitrogens with one attached hydrogen (secondary N) is 1. The Bertz CT molecular complexity index is 443. The minimum absolute atomic E-state index is 0.550. The van der Waals surface area contributed by atoms with Gasteiger partial charge >= 0.3 is 0 Å². The second-order valence-electron chi connectivity index (χ2n) is 5.78. The molecule has 19 heavy (non-hydrogen) atoms. The van der Waals surface area contributed by atoms with E-state index in [2.05, 4.69) is 22.2 Å². The van der Waals surface area contributed by atoms with Crippen LogP contribution in [-0.2, 0) is 0 Å². The molecule has 5 nitrogen and oxygen atoms in total. The molecule has 1 saturated heterocycles. The zero-order chi connectivity index (χ0) is 13.2. The van der Waals surface area contributed by atoms with Crippen molar-refractivity contribution in [2.45, 2.75) is 57.4 Å². The molecule has 1 aromatic rings. The number of anilines is 2. The van der Waals surface area contributed by atoms with Crippen LogP contribution in [0.15, 0.2) is 6.07 Å². The minimum atomic E-state index is 0.550. The van der Waals surface area contributed by atoms with Crippen LogP contribution < -0.4 is 16.2 Å². The van der Waals surface area contributed by atoms with Crippen molar-refractivity contribution >= 4 is 11.6 Å². The summed E-state index contributed by atoms with van der Waals surface area (Å²) in [5, 5.41) is 0. The van der Waals surface area contributed by atoms with Crippen molar-refractivity contribution < 1.29 is 0 Å². The van der Waals surface area contributed by atoms with E-state index in [-0.39, 0.29) is 0 Å². The lowest BCUT2D eigenvalue weighted by atomic mass is 10.1. The van der Waals surface area contributed by atoms with Gasteiger partial charge < -0.3 is 10.3 Å². The summed E-state index contributed by atoms with van der Waals surface area (Å²) in [6.45, 7) is 3.38. The molecule has 1 aromatic heterocycles. The van der Waals surface area contributed by atoms with E-state index < -0.39 is 0 Å². The molecule has 5 heteroatoms. The van der Waals surface area contributed by atoms with Gasteiger partial charge in [0.2, 0.25) is 0 Å². The van der Waals surface area contributed by atoms with Gasteiger partial charge in [0, 0.05) is 24.6 Å². The molecule has 2 fully saturated rings. The lowest BCUT2D eigenvalue weighted by Gasteiger charge is -2.28. The van der Waals surface area contributed by atoms with Gasteiger partial charge in [0.1, 0.15) is 17.5 Å². The van der Waals surface area contributed by atoms with Gasteiger partial charge in [-0.05, 0) is 32.6 Å². The predicted octanol–water partition coefficient (Wildman–Crippen LogP) is 2.41. The van der Waals surface area contributed by atoms with Crippen molar-refractivity contribution in [2.75, 3.05) is 16.9 Å². The first-order chi connectivity index (χ1) is 9.28. The van der Waals surface area contributed by atoms with Gasteiger partial charge in [0.25, 0.3) is 0 Å². The van der Waals surface area contributed by atoms with Crippen LogP contribution in [0.25, 0.3) is 0 Å². The molecule has 3 N–H and O–H groups in total. The summed E-state index contributed by atoms with van der Waals surface area (Å²) in [5.74, 6) is 8.84. The smallest absolute Gasteiger partial charge is 0.145 e. The van der Waals surface area contributed by atoms with Crippen LogP contribution in [-0.4, -0.2) is 22.6 Å². The SMILES string of the molecule is CC1CCCCCN1c1cc(NN)nc(C2CC2)n1. The first-order valence-corrected chi connectivity index (χ1v) is 7.40. The highest BCUT2D eigenvalue weighted by Gasteiger charge is 2.28. The molecule has 1 atom stereocenters. The Morgan fingerprint density at radius 3 is 2.79 bits per heavy atom. The summed E-state index contributed by atoms with van der Waals surface area (Å²) < 4.78 is 0. The van der Waals surface area contributed by atoms with E-state index in [1.54, 1.807) is 0 Å². The summed E-state index contributed by atoms with van der Waals surface area (Å²) in [6, 6.07) is 2.53. The summed E-state index contributed by atoms with van der Waals surface area (Å²) in [5.41, 5.74) is 2.68. The van der Waals surface area contributed by atoms with E-state index in [1.165, 1.54) is 38.5 Å². The second-order valence-corrected chi connectivity index (χ2v) is 5.78. The minimum Gasteiger partial charge on any atom is -0.354 e. The summed E-state index contributed by atoms with van der Waals surface area (Å²) in [7, 11) is 0. The molecule has 1 aliphatic heterocycles. The molecular formula is C14H23N5. The largest absolute Gasteiger partial charge is 0.354 e. The Labute approximate surface area is 114 Å². The zero-order valence-electron chi connectivity index (χ0n) is 11.6. The third-order valence-electron chi connectivity index (χ3n) is 4.17. The fraction of sp³-hybridized carbons (Fsp3) is 0.714. The third-order valence-corrected chi connectivity index (χ3v) is 4.17. The molecule has 0 aromatic carbocycles. The molecule has 0 spiro atoms. The predicted molar refractivity (Wildman–Crippen MR) is 77.1 cm³/mol. The zero-order valence-corrected chi connectivity index (χ0v) is 11.6. The Morgan fingerprint density at radius 1 is 1.21 bits per heavy atom. The Morgan fingerprint density at radius 2 is 2.05 bits per heavy atom. The average molecular weight is 261 g/mol. The van der Waals surface area contributed by atoms with E-state index in [0.29, 0.717) is 12.0 Å². The highest BCUT2D eigenvalue weighted by molar-refractivity contribution is 5.50. The Kier molecular flexibility index (Phi) is 3.55. The summed E-state index contributed by atoms with van der Waals surface area (Å²) >= 11 is 0. The summed E-state index contributed by atoms with van der Waals surface area (Å²) in [6.07, 6.45) is 7.56. The molecule has 2 heterocycles. The molecule has 0 radical (unpaired) electrons. The van der Waals surface area contributed by atoms with E-state index >= 15 is 0 Å². The second kappa shape index (κ2) is 5.33. The van der Waals surface area contributed by atoms with Gasteiger partial charge in [-0.2, -0.15) is 0 Å². The van der Waals surface area contributed by atoms with Gasteiger partial charge in [0.15, 0.2) is 0 Å². The van der Waals surface area contributed by atoms with Crippen molar-refractivity contribution in [1.29, 1.82) is 0 Å². The highest BCUT2D eigenvalue weighted by Crippen LogP contribution is 2.39. The standard InChI is InChI=1S/C14H23N5/c1-10-5-3-2-4-8-19(10)13-9-12(18-15)16-14(17-13)11-6-7-11/h9-11H,2-8,15H2,1H3,(H,16,17,18). The van der Waals surface area contributed by atoms with Gasteiger partial charge in [-0.3, -0.25) is 0 Å². The third kappa shape index (κ3) is 2.81. The van der Waals surface area contributed by atoms with E-state index in [4.69, 9.17) is 10.8 Å². The molecule has 1 aliphatic carbocycles. The quantitative estimate of drug-likeness (QED) is 0.646. The van der Waals surface area contributed by atoms with E-state index in [9.17, 15) is 0 Å². The Balaban J connectivity index is 1.90. The molecule has 1 unspecified atom stereocenters. The monoisotopic (exact) mass is 261 g/mol. The molecular weight excluding hydrogens is 238 g/mol. The maximum atomic E-state index is 5.54. The number of hydrogen-bond donors (Lipinski definition) is 2. The first kappa shape index (κ1) is 12.7. The number of nitrogens with two attached hydrogens (primary N) is 1. The van der Waals surface area contributed by atoms with Crippen molar-refractivity contribution in [3.8, 4) is 0 Å². The fourth-order valence-electron chi connectivity index (χ4n) is 2.81. The van der Waals surface area contributed by atoms with Crippen molar-refractivity contribution in [1.82, 2.24) is 9.97 Å². The number of hydrazine groups is 1. The average Bonchev–Trinajstić information content (AvgIpc) is 3.25. The molecule has 104 valence electrons. The van der Waals surface area contributed by atoms with Crippen LogP contribution in [0.1, 0.15) is 57.2 Å². The van der Waals surface area contributed by atoms with E-state index in [0.717, 1.165) is 24.0 Å². The topological polar surface area (TPSA) is 67.1 Å². The van der Waals surface area contributed by atoms with Gasteiger partial charge in [0.05, 0.1) is 0 Å². The maximum Gasteiger partial charge on any atom is 0.145 e. The van der Waals surface area contributed by atoms with Gasteiger partial charge in [-0.15, -0.1) is 0 Å². The molecule has 3 rings (SSSR count). The maximum absolute atomic E-state index is 5.54. The number of hydrogen-bond acceptors (Lipinski definition) is 5. The van der Waals surface area contributed by atoms with Crippen molar-refractivity contribution in [3.63, 3.8) is 0 Å². The molecule has 0 amide bonds. The van der Waals surface area contributed by atoms with Crippen molar-refractivity contribution in [3.05, 3.63) is 11.9 Å². The first-order valence-electron chi connectivity index (χ1n) is 7.40. The van der Waals surface area contributed by atoms with Crippen LogP contribution in [0.5, 0.6) is 0 Å². The number of rotatable bonds is 3. The van der Waals surface area contributed by atoms with Crippen LogP contribution in [0.3, 0.4) is 0 Å². The molecule has 0 bridgehead atoms. The van der Waals surface area contributed by atoms with Crippen LogP contribution in [0.2, 0.25) is 0 Å². The van der Waals surface area contributed by atoms with Gasteiger partial charge in [-0.1, -0.05) is 12.8 Å². The Hall–Kier alpha value is -1.36. The van der Waals surface area contributed by atoms with Crippen LogP contribution in [0, 0.1) is 0 Å². The van der Waals surface area contributed by atoms with Crippen LogP contribution >= 0.6 is 0 Å². The normalized spacial score (nSPS) is 24.1. The van der Waals surface area contributed by atoms with Crippen LogP contribution in [0.4, 0.5) is 11.6 Å². The van der Waals surface area contributed by atoms with Gasteiger partial charge in [-0.25, -0.2) is 15.8 Å². The fourth-order valence-corrected chi connectivity index (χ4v) is 2.81. The number of nitrogens with zero attached hydrogens (tertiary/aromatic N) is 3. The van der Waals surface area contributed by atoms with Crippen molar-refractivity contribution in [2.24, 2.45) is 5.84 Å². The molecule has 1 saturated carbocycles. The highest BCUT2D eigenvalue weighted by atomic mass is 15.3. The lowest BCUT2D eigenvalue weighted by molar-refractivity contribution is 0.609. The summed E-state index contributed by atoms with van der Waals surface area (Å²) in [4.78, 5) is 11.7. The molecule has 2 aliphatic rings. The lowest BCUT2D eigenvalue weighted by Crippen LogP contribution is -2.33. The number of nitrogen functional groups attached to an aromatic ring is 1. The van der Waals surface area contributed by atoms with E-state index in [1.807, 2.05) is 6.07 Å². The number of aromatic nitrogens is 2.